The van der Waals surface area contributed by atoms with Crippen LogP contribution in [-0.4, -0.2) is 19.3 Å². The van der Waals surface area contributed by atoms with Crippen LogP contribution in [0.4, 0.5) is 0 Å². The molecule has 1 aromatic rings. The van der Waals surface area contributed by atoms with E-state index in [0.29, 0.717) is 5.75 Å². The van der Waals surface area contributed by atoms with E-state index in [1.165, 1.54) is 13.2 Å². The highest BCUT2D eigenvalue weighted by Gasteiger charge is 1.97. The van der Waals surface area contributed by atoms with E-state index in [1.54, 1.807) is 25.1 Å². The highest BCUT2D eigenvalue weighted by atomic mass is 16.5. The number of hydrogen-bond donors (Lipinski definition) is 1. The van der Waals surface area contributed by atoms with Crippen LogP contribution in [0.25, 0.3) is 6.08 Å². The fourth-order valence-electron chi connectivity index (χ4n) is 1.10. The van der Waals surface area contributed by atoms with E-state index in [4.69, 9.17) is 10.5 Å². The number of benzene rings is 1. The molecule has 1 aromatic carbocycles. The third-order valence-corrected chi connectivity index (χ3v) is 1.82. The summed E-state index contributed by atoms with van der Waals surface area (Å²) in [4.78, 5) is 10.8. The zero-order valence-corrected chi connectivity index (χ0v) is 9.34. The van der Waals surface area contributed by atoms with E-state index in [0.717, 1.165) is 5.56 Å². The van der Waals surface area contributed by atoms with E-state index < -0.39 is 0 Å². The van der Waals surface area contributed by atoms with Crippen LogP contribution in [0, 0.1) is 0 Å². The number of nitrogens with two attached hydrogens (primary N) is 1. The van der Waals surface area contributed by atoms with Gasteiger partial charge in [-0.15, -0.1) is 0 Å². The minimum Gasteiger partial charge on any atom is -0.476 e. The van der Waals surface area contributed by atoms with Crippen LogP contribution in [0.1, 0.15) is 12.5 Å². The summed E-state index contributed by atoms with van der Waals surface area (Å²) in [6.45, 7) is 1.76. The van der Waals surface area contributed by atoms with Crippen molar-refractivity contribution >= 4 is 12.0 Å². The largest absolute Gasteiger partial charge is 0.476 e. The molecule has 1 rings (SSSR count). The van der Waals surface area contributed by atoms with Gasteiger partial charge in [0.05, 0.1) is 7.11 Å². The van der Waals surface area contributed by atoms with Crippen LogP contribution in [0.3, 0.4) is 0 Å². The summed E-state index contributed by atoms with van der Waals surface area (Å²) < 4.78 is 9.76. The summed E-state index contributed by atoms with van der Waals surface area (Å²) in [6, 6.07) is 7.24. The topological polar surface area (TPSA) is 61.5 Å². The van der Waals surface area contributed by atoms with Gasteiger partial charge in [0.1, 0.15) is 12.0 Å². The Morgan fingerprint density at radius 1 is 1.38 bits per heavy atom. The molecule has 0 aliphatic carbocycles. The summed E-state index contributed by atoms with van der Waals surface area (Å²) in [6.07, 6.45) is 2.69. The number of methoxy groups -OCH3 is 1. The first-order valence-corrected chi connectivity index (χ1v) is 4.90. The normalized spacial score (nSPS) is 12.4. The van der Waals surface area contributed by atoms with Gasteiger partial charge in [-0.25, -0.2) is 4.79 Å². The first kappa shape index (κ1) is 12.3. The van der Waals surface area contributed by atoms with Crippen LogP contribution in [0.5, 0.6) is 5.75 Å². The van der Waals surface area contributed by atoms with Gasteiger partial charge in [0.25, 0.3) is 0 Å². The molecule has 4 nitrogen and oxygen atoms in total. The molecule has 86 valence electrons. The van der Waals surface area contributed by atoms with Crippen LogP contribution >= 0.6 is 0 Å². The van der Waals surface area contributed by atoms with Crippen molar-refractivity contribution in [3.63, 3.8) is 0 Å². The SMILES string of the molecule is COC(=O)C=Cc1ccc(OC(C)N)cc1. The smallest absolute Gasteiger partial charge is 0.330 e. The molecule has 0 amide bonds. The molecular weight excluding hydrogens is 206 g/mol. The summed E-state index contributed by atoms with van der Waals surface area (Å²) in [7, 11) is 1.34. The second kappa shape index (κ2) is 5.92. The molecule has 4 heteroatoms. The molecule has 1 unspecified atom stereocenters. The summed E-state index contributed by atoms with van der Waals surface area (Å²) in [5, 5.41) is 0. The zero-order chi connectivity index (χ0) is 12.0. The lowest BCUT2D eigenvalue weighted by molar-refractivity contribution is -0.134. The lowest BCUT2D eigenvalue weighted by Crippen LogP contribution is -2.22. The van der Waals surface area contributed by atoms with Crippen LogP contribution in [0.2, 0.25) is 0 Å². The van der Waals surface area contributed by atoms with Gasteiger partial charge in [-0.05, 0) is 30.7 Å². The van der Waals surface area contributed by atoms with Gasteiger partial charge >= 0.3 is 5.97 Å². The van der Waals surface area contributed by atoms with Crippen molar-refractivity contribution in [3.05, 3.63) is 35.9 Å². The highest BCUT2D eigenvalue weighted by molar-refractivity contribution is 5.86. The second-order valence-electron chi connectivity index (χ2n) is 3.25. The van der Waals surface area contributed by atoms with Crippen molar-refractivity contribution in [1.29, 1.82) is 0 Å². The molecule has 0 fully saturated rings. The van der Waals surface area contributed by atoms with Crippen molar-refractivity contribution in [3.8, 4) is 5.75 Å². The Morgan fingerprint density at radius 3 is 2.50 bits per heavy atom. The molecule has 0 aromatic heterocycles. The monoisotopic (exact) mass is 221 g/mol. The number of carbonyl (C=O) groups excluding carboxylic acids is 1. The van der Waals surface area contributed by atoms with Gasteiger partial charge in [-0.1, -0.05) is 12.1 Å². The third kappa shape index (κ3) is 4.14. The van der Waals surface area contributed by atoms with Crippen molar-refractivity contribution in [2.24, 2.45) is 5.73 Å². The van der Waals surface area contributed by atoms with Gasteiger partial charge in [-0.3, -0.25) is 5.73 Å². The number of rotatable bonds is 4. The molecule has 0 saturated carbocycles. The molecule has 1 atom stereocenters. The molecule has 0 saturated heterocycles. The molecule has 0 aliphatic rings. The Labute approximate surface area is 94.7 Å². The maximum absolute atomic E-state index is 10.8. The average molecular weight is 221 g/mol. The van der Waals surface area contributed by atoms with Crippen LogP contribution < -0.4 is 10.5 Å². The number of hydrogen-bond acceptors (Lipinski definition) is 4. The Hall–Kier alpha value is -1.81. The third-order valence-electron chi connectivity index (χ3n) is 1.82. The van der Waals surface area contributed by atoms with E-state index in [2.05, 4.69) is 4.74 Å². The summed E-state index contributed by atoms with van der Waals surface area (Å²) >= 11 is 0. The highest BCUT2D eigenvalue weighted by Crippen LogP contribution is 2.13. The Kier molecular flexibility index (Phi) is 4.54. The maximum Gasteiger partial charge on any atom is 0.330 e. The summed E-state index contributed by atoms with van der Waals surface area (Å²) in [5.74, 6) is 0.320. The van der Waals surface area contributed by atoms with Crippen LogP contribution in [-0.2, 0) is 9.53 Å². The van der Waals surface area contributed by atoms with E-state index in [-0.39, 0.29) is 12.2 Å². The lowest BCUT2D eigenvalue weighted by atomic mass is 10.2. The average Bonchev–Trinajstić information content (AvgIpc) is 2.27. The standard InChI is InChI=1S/C12H15NO3/c1-9(13)16-11-6-3-10(4-7-11)5-8-12(14)15-2/h3-9H,13H2,1-2H3. The Balaban J connectivity index is 2.64. The number of carbonyl (C=O) groups is 1. The van der Waals surface area contributed by atoms with Gasteiger partial charge in [0.2, 0.25) is 0 Å². The fraction of sp³-hybridized carbons (Fsp3) is 0.250. The predicted molar refractivity (Wildman–Crippen MR) is 61.8 cm³/mol. The van der Waals surface area contributed by atoms with E-state index in [9.17, 15) is 4.79 Å². The van der Waals surface area contributed by atoms with Crippen molar-refractivity contribution in [2.45, 2.75) is 13.2 Å². The molecular formula is C12H15NO3. The van der Waals surface area contributed by atoms with Crippen molar-refractivity contribution in [1.82, 2.24) is 0 Å². The molecule has 0 bridgehead atoms. The first-order valence-electron chi connectivity index (χ1n) is 4.90. The molecule has 0 spiro atoms. The van der Waals surface area contributed by atoms with Crippen molar-refractivity contribution in [2.75, 3.05) is 7.11 Å². The van der Waals surface area contributed by atoms with E-state index >= 15 is 0 Å². The molecule has 16 heavy (non-hydrogen) atoms. The molecule has 0 aliphatic heterocycles. The lowest BCUT2D eigenvalue weighted by Gasteiger charge is -2.08. The molecule has 2 N–H and O–H groups in total. The molecule has 0 radical (unpaired) electrons. The van der Waals surface area contributed by atoms with E-state index in [1.807, 2.05) is 12.1 Å². The Bertz CT molecular complexity index is 368. The number of esters is 1. The van der Waals surface area contributed by atoms with Gasteiger partial charge in [0.15, 0.2) is 0 Å². The first-order chi connectivity index (χ1) is 7.61. The number of ether oxygens (including phenoxy) is 2. The van der Waals surface area contributed by atoms with Gasteiger partial charge in [0, 0.05) is 6.08 Å². The second-order valence-corrected chi connectivity index (χ2v) is 3.25. The maximum atomic E-state index is 10.8. The Morgan fingerprint density at radius 2 is 2.00 bits per heavy atom. The van der Waals surface area contributed by atoms with Gasteiger partial charge in [-0.2, -0.15) is 0 Å². The minimum atomic E-state index is -0.379. The predicted octanol–water partition coefficient (Wildman–Crippen LogP) is 1.56. The minimum absolute atomic E-state index is 0.337. The fourth-order valence-corrected chi connectivity index (χ4v) is 1.10. The zero-order valence-electron chi connectivity index (χ0n) is 9.34. The molecule has 0 heterocycles. The van der Waals surface area contributed by atoms with Crippen molar-refractivity contribution < 1.29 is 14.3 Å². The quantitative estimate of drug-likeness (QED) is 0.476. The van der Waals surface area contributed by atoms with Crippen LogP contribution in [0.15, 0.2) is 30.3 Å². The summed E-state index contributed by atoms with van der Waals surface area (Å²) in [5.41, 5.74) is 6.37. The van der Waals surface area contributed by atoms with Gasteiger partial charge < -0.3 is 9.47 Å².